The Hall–Kier alpha value is -4.12. The number of thioether (sulfide) groups is 1. The molecule has 5 rings (SSSR count). The lowest BCUT2D eigenvalue weighted by Gasteiger charge is -2.30. The van der Waals surface area contributed by atoms with Crippen LogP contribution in [-0.2, 0) is 6.42 Å². The molecule has 0 bridgehead atoms. The van der Waals surface area contributed by atoms with Crippen molar-refractivity contribution in [2.24, 2.45) is 10.2 Å². The maximum absolute atomic E-state index is 12.4. The van der Waals surface area contributed by atoms with Crippen molar-refractivity contribution in [2.75, 3.05) is 17.2 Å². The fraction of sp³-hybridized carbons (Fsp3) is 0.214. The third kappa shape index (κ3) is 6.66. The molecule has 0 N–H and O–H groups in total. The predicted octanol–water partition coefficient (Wildman–Crippen LogP) is 6.73. The minimum absolute atomic E-state index is 0.297. The van der Waals surface area contributed by atoms with Gasteiger partial charge in [0.25, 0.3) is 0 Å². The van der Waals surface area contributed by atoms with Gasteiger partial charge in [-0.25, -0.2) is 9.67 Å². The van der Waals surface area contributed by atoms with Gasteiger partial charge in [-0.2, -0.15) is 5.10 Å². The Kier molecular flexibility index (Phi) is 7.97. The molecule has 0 saturated carbocycles. The fourth-order valence-corrected chi connectivity index (χ4v) is 5.03. The van der Waals surface area contributed by atoms with E-state index in [1.54, 1.807) is 18.0 Å². The zero-order chi connectivity index (χ0) is 27.2. The highest BCUT2D eigenvalue weighted by Crippen LogP contribution is 2.28. The molecule has 4 aromatic rings. The smallest absolute Gasteiger partial charge is 0.406 e. The van der Waals surface area contributed by atoms with Crippen LogP contribution in [0.1, 0.15) is 24.5 Å². The molecule has 2 heterocycles. The van der Waals surface area contributed by atoms with Crippen molar-refractivity contribution in [1.82, 2.24) is 14.8 Å². The first-order chi connectivity index (χ1) is 18.9. The van der Waals surface area contributed by atoms with E-state index in [0.29, 0.717) is 11.5 Å². The summed E-state index contributed by atoms with van der Waals surface area (Å²) in [5.74, 6) is 1.20. The highest BCUT2D eigenvalue weighted by molar-refractivity contribution is 8.14. The van der Waals surface area contributed by atoms with Gasteiger partial charge in [0.2, 0.25) is 0 Å². The Morgan fingerprint density at radius 3 is 2.54 bits per heavy atom. The van der Waals surface area contributed by atoms with Crippen molar-refractivity contribution in [3.05, 3.63) is 90.3 Å². The van der Waals surface area contributed by atoms with Crippen LogP contribution in [0.2, 0.25) is 0 Å². The fourth-order valence-electron chi connectivity index (χ4n) is 4.12. The molecule has 1 aliphatic heterocycles. The van der Waals surface area contributed by atoms with E-state index in [-0.39, 0.29) is 5.75 Å². The monoisotopic (exact) mass is 550 g/mol. The van der Waals surface area contributed by atoms with Crippen LogP contribution in [0.25, 0.3) is 17.1 Å². The van der Waals surface area contributed by atoms with Crippen molar-refractivity contribution in [2.45, 2.75) is 26.1 Å². The SMILES string of the molecule is CCc1ccccc1N1CCCSC1=NN=Cc1ccc(-c2ncn(-c3ccc(OC(F)(F)F)cc3)n2)cc1. The van der Waals surface area contributed by atoms with E-state index < -0.39 is 6.36 Å². The van der Waals surface area contributed by atoms with Crippen LogP contribution in [0.3, 0.4) is 0 Å². The zero-order valence-electron chi connectivity index (χ0n) is 21.0. The lowest BCUT2D eigenvalue weighted by Crippen LogP contribution is -2.34. The number of aryl methyl sites for hydroxylation is 1. The molecule has 0 unspecified atom stereocenters. The van der Waals surface area contributed by atoms with Crippen LogP contribution in [0, 0.1) is 0 Å². The number of para-hydroxylation sites is 1. The van der Waals surface area contributed by atoms with Gasteiger partial charge in [-0.05, 0) is 54.3 Å². The molecule has 1 fully saturated rings. The Morgan fingerprint density at radius 1 is 1.03 bits per heavy atom. The number of amidine groups is 1. The number of alkyl halides is 3. The number of benzene rings is 3. The molecule has 200 valence electrons. The van der Waals surface area contributed by atoms with Crippen molar-refractivity contribution < 1.29 is 17.9 Å². The normalized spacial score (nSPS) is 15.3. The molecular weight excluding hydrogens is 525 g/mol. The first-order valence-electron chi connectivity index (χ1n) is 12.4. The van der Waals surface area contributed by atoms with Gasteiger partial charge in [-0.15, -0.1) is 23.4 Å². The standard InChI is InChI=1S/C28H25F3N6OS/c1-2-21-6-3-4-7-25(21)36-16-5-17-39-27(36)34-33-18-20-8-10-22(11-9-20)26-32-19-37(35-26)23-12-14-24(15-13-23)38-28(29,30)31/h3-4,6-15,18-19H,2,5,16-17H2,1H3. The van der Waals surface area contributed by atoms with Gasteiger partial charge < -0.3 is 9.64 Å². The Labute approximate surface area is 228 Å². The molecule has 39 heavy (non-hydrogen) atoms. The van der Waals surface area contributed by atoms with Crippen LogP contribution in [-0.4, -0.2) is 44.8 Å². The number of halogens is 3. The van der Waals surface area contributed by atoms with Crippen molar-refractivity contribution in [1.29, 1.82) is 0 Å². The molecule has 7 nitrogen and oxygen atoms in total. The summed E-state index contributed by atoms with van der Waals surface area (Å²) in [6, 6.07) is 21.4. The summed E-state index contributed by atoms with van der Waals surface area (Å²) < 4.78 is 42.5. The molecule has 1 aromatic heterocycles. The summed E-state index contributed by atoms with van der Waals surface area (Å²) in [6.07, 6.45) is 0.532. The van der Waals surface area contributed by atoms with Crippen LogP contribution < -0.4 is 9.64 Å². The van der Waals surface area contributed by atoms with Crippen LogP contribution in [0.15, 0.2) is 89.3 Å². The molecule has 11 heteroatoms. The second kappa shape index (κ2) is 11.7. The lowest BCUT2D eigenvalue weighted by atomic mass is 10.1. The van der Waals surface area contributed by atoms with Crippen LogP contribution in [0.5, 0.6) is 5.75 Å². The Morgan fingerprint density at radius 2 is 1.79 bits per heavy atom. The summed E-state index contributed by atoms with van der Waals surface area (Å²) in [5, 5.41) is 14.2. The highest BCUT2D eigenvalue weighted by Gasteiger charge is 2.31. The molecule has 0 aliphatic carbocycles. The summed E-state index contributed by atoms with van der Waals surface area (Å²) in [5.41, 5.74) is 4.70. The minimum Gasteiger partial charge on any atom is -0.406 e. The number of hydrogen-bond acceptors (Lipinski definition) is 6. The number of hydrogen-bond donors (Lipinski definition) is 0. The predicted molar refractivity (Wildman–Crippen MR) is 149 cm³/mol. The Balaban J connectivity index is 1.26. The lowest BCUT2D eigenvalue weighted by molar-refractivity contribution is -0.274. The van der Waals surface area contributed by atoms with E-state index >= 15 is 0 Å². The van der Waals surface area contributed by atoms with E-state index in [4.69, 9.17) is 0 Å². The van der Waals surface area contributed by atoms with E-state index in [1.165, 1.54) is 46.5 Å². The molecule has 0 amide bonds. The number of ether oxygens (including phenoxy) is 1. The number of anilines is 1. The van der Waals surface area contributed by atoms with Gasteiger partial charge in [0.15, 0.2) is 11.0 Å². The summed E-state index contributed by atoms with van der Waals surface area (Å²) in [7, 11) is 0. The second-order valence-corrected chi connectivity index (χ2v) is 9.70. The van der Waals surface area contributed by atoms with Crippen molar-refractivity contribution in [3.63, 3.8) is 0 Å². The van der Waals surface area contributed by atoms with E-state index in [1.807, 2.05) is 24.3 Å². The molecule has 1 saturated heterocycles. The molecule has 3 aromatic carbocycles. The number of nitrogens with zero attached hydrogens (tertiary/aromatic N) is 6. The average molecular weight is 551 g/mol. The maximum Gasteiger partial charge on any atom is 0.573 e. The quantitative estimate of drug-likeness (QED) is 0.189. The van der Waals surface area contributed by atoms with Gasteiger partial charge in [0, 0.05) is 23.5 Å². The topological polar surface area (TPSA) is 67.9 Å². The van der Waals surface area contributed by atoms with Gasteiger partial charge >= 0.3 is 6.36 Å². The molecular formula is C28H25F3N6OS. The van der Waals surface area contributed by atoms with Crippen LogP contribution >= 0.6 is 11.8 Å². The summed E-state index contributed by atoms with van der Waals surface area (Å²) >= 11 is 1.71. The molecule has 0 atom stereocenters. The summed E-state index contributed by atoms with van der Waals surface area (Å²) in [6.45, 7) is 3.07. The number of aromatic nitrogens is 3. The van der Waals surface area contributed by atoms with Gasteiger partial charge in [0.05, 0.1) is 11.9 Å². The van der Waals surface area contributed by atoms with Gasteiger partial charge in [0.1, 0.15) is 12.1 Å². The molecule has 0 radical (unpaired) electrons. The third-order valence-corrected chi connectivity index (χ3v) is 7.05. The van der Waals surface area contributed by atoms with Crippen molar-refractivity contribution in [3.8, 4) is 22.8 Å². The minimum atomic E-state index is -4.73. The molecule has 0 spiro atoms. The van der Waals surface area contributed by atoms with E-state index in [0.717, 1.165) is 41.4 Å². The largest absolute Gasteiger partial charge is 0.573 e. The highest BCUT2D eigenvalue weighted by atomic mass is 32.2. The number of rotatable bonds is 7. The second-order valence-electron chi connectivity index (χ2n) is 8.64. The average Bonchev–Trinajstić information content (AvgIpc) is 3.44. The zero-order valence-corrected chi connectivity index (χ0v) is 21.9. The van der Waals surface area contributed by atoms with Gasteiger partial charge in [-0.1, -0.05) is 61.2 Å². The van der Waals surface area contributed by atoms with Crippen LogP contribution in [0.4, 0.5) is 18.9 Å². The third-order valence-electron chi connectivity index (χ3n) is 6.00. The Bertz CT molecular complexity index is 1470. The first kappa shape index (κ1) is 26.5. The molecule has 1 aliphatic rings. The van der Waals surface area contributed by atoms with E-state index in [9.17, 15) is 13.2 Å². The van der Waals surface area contributed by atoms with E-state index in [2.05, 4.69) is 61.1 Å². The van der Waals surface area contributed by atoms with Crippen molar-refractivity contribution >= 4 is 28.8 Å². The summed E-state index contributed by atoms with van der Waals surface area (Å²) in [4.78, 5) is 6.57. The van der Waals surface area contributed by atoms with Gasteiger partial charge in [-0.3, -0.25) is 0 Å². The first-order valence-corrected chi connectivity index (χ1v) is 13.4. The maximum atomic E-state index is 12.4.